The summed E-state index contributed by atoms with van der Waals surface area (Å²) >= 11 is 0. The average Bonchev–Trinajstić information content (AvgIpc) is 3.24. The van der Waals surface area contributed by atoms with Gasteiger partial charge in [-0.2, -0.15) is 0 Å². The highest BCUT2D eigenvalue weighted by atomic mass is 16.5. The van der Waals surface area contributed by atoms with Gasteiger partial charge in [-0.25, -0.2) is 4.79 Å². The predicted molar refractivity (Wildman–Crippen MR) is 138 cm³/mol. The normalized spacial score (nSPS) is 12.2. The third-order valence-electron chi connectivity index (χ3n) is 6.25. The Labute approximate surface area is 204 Å². The molecule has 4 heteroatoms. The molecule has 0 unspecified atom stereocenters. The van der Waals surface area contributed by atoms with Crippen LogP contribution in [-0.4, -0.2) is 25.0 Å². The molecule has 0 aromatic heterocycles. The molecule has 0 aliphatic heterocycles. The van der Waals surface area contributed by atoms with Gasteiger partial charge in [-0.05, 0) is 27.8 Å². The highest BCUT2D eigenvalue weighted by Crippen LogP contribution is 2.44. The molecule has 0 spiro atoms. The second-order valence-electron chi connectivity index (χ2n) is 8.39. The zero-order chi connectivity index (χ0) is 24.0. The van der Waals surface area contributed by atoms with Crippen LogP contribution in [0.2, 0.25) is 0 Å². The highest BCUT2D eigenvalue weighted by Gasteiger charge is 2.28. The van der Waals surface area contributed by atoms with Gasteiger partial charge in [0, 0.05) is 23.6 Å². The summed E-state index contributed by atoms with van der Waals surface area (Å²) < 4.78 is 5.57. The number of carbonyl (C=O) groups excluding carboxylic acids is 2. The molecule has 0 atom stereocenters. The molecule has 1 aliphatic rings. The Bertz CT molecular complexity index is 1350. The van der Waals surface area contributed by atoms with Gasteiger partial charge in [0.2, 0.25) is 0 Å². The lowest BCUT2D eigenvalue weighted by Gasteiger charge is -2.14. The van der Waals surface area contributed by atoms with Crippen molar-refractivity contribution in [3.05, 3.63) is 137 Å². The molecule has 5 rings (SSSR count). The Hall–Kier alpha value is -4.44. The van der Waals surface area contributed by atoms with E-state index in [2.05, 4.69) is 29.6 Å². The number of hydrogen-bond acceptors (Lipinski definition) is 3. The monoisotopic (exact) mass is 459 g/mol. The number of carbonyl (C=O) groups is 2. The molecular formula is C31H25NO3. The largest absolute Gasteiger partial charge is 0.449 e. The predicted octanol–water partition coefficient (Wildman–Crippen LogP) is 6.47. The van der Waals surface area contributed by atoms with Crippen molar-refractivity contribution < 1.29 is 14.3 Å². The lowest BCUT2D eigenvalue weighted by Crippen LogP contribution is -2.26. The maximum absolute atomic E-state index is 12.9. The summed E-state index contributed by atoms with van der Waals surface area (Å²) in [5.74, 6) is -0.00471. The zero-order valence-electron chi connectivity index (χ0n) is 19.2. The minimum absolute atomic E-state index is 0.0274. The number of rotatable bonds is 7. The topological polar surface area (TPSA) is 55.4 Å². The zero-order valence-corrected chi connectivity index (χ0v) is 19.2. The maximum atomic E-state index is 12.9. The molecule has 1 amide bonds. The van der Waals surface area contributed by atoms with Crippen LogP contribution in [0.4, 0.5) is 4.79 Å². The maximum Gasteiger partial charge on any atom is 0.407 e. The Balaban J connectivity index is 1.19. The Kier molecular flexibility index (Phi) is 6.53. The molecule has 172 valence electrons. The van der Waals surface area contributed by atoms with Gasteiger partial charge in [0.15, 0.2) is 5.78 Å². The molecule has 1 N–H and O–H groups in total. The van der Waals surface area contributed by atoms with E-state index in [-0.39, 0.29) is 18.3 Å². The summed E-state index contributed by atoms with van der Waals surface area (Å²) in [6.45, 7) is 0.572. The van der Waals surface area contributed by atoms with Crippen LogP contribution in [0, 0.1) is 0 Å². The van der Waals surface area contributed by atoms with Crippen molar-refractivity contribution in [2.75, 3.05) is 13.2 Å². The molecule has 4 aromatic carbocycles. The van der Waals surface area contributed by atoms with E-state index in [0.717, 1.165) is 5.56 Å². The van der Waals surface area contributed by atoms with Gasteiger partial charge in [-0.15, -0.1) is 0 Å². The van der Waals surface area contributed by atoms with E-state index in [1.165, 1.54) is 22.3 Å². The molecule has 4 aromatic rings. The van der Waals surface area contributed by atoms with E-state index < -0.39 is 6.09 Å². The molecule has 1 aliphatic carbocycles. The summed E-state index contributed by atoms with van der Waals surface area (Å²) in [5.41, 5.74) is 6.83. The number of alkyl carbamates (subject to hydrolysis) is 1. The summed E-state index contributed by atoms with van der Waals surface area (Å²) in [6, 6.07) is 33.2. The molecule has 4 nitrogen and oxygen atoms in total. The average molecular weight is 460 g/mol. The van der Waals surface area contributed by atoms with Gasteiger partial charge in [-0.1, -0.05) is 115 Å². The van der Waals surface area contributed by atoms with Gasteiger partial charge in [0.25, 0.3) is 0 Å². The van der Waals surface area contributed by atoms with Crippen molar-refractivity contribution in [1.82, 2.24) is 5.32 Å². The molecule has 0 saturated heterocycles. The Morgan fingerprint density at radius 1 is 0.743 bits per heavy atom. The van der Waals surface area contributed by atoms with E-state index in [1.54, 1.807) is 0 Å². The third kappa shape index (κ3) is 4.78. The first kappa shape index (κ1) is 22.4. The SMILES string of the molecule is O=C(NCC=Cc1ccccc1C(=O)c1ccccc1)OCC1c2ccccc2-c2ccccc21. The van der Waals surface area contributed by atoms with Crippen molar-refractivity contribution in [3.8, 4) is 11.1 Å². The first-order valence-corrected chi connectivity index (χ1v) is 11.7. The number of fused-ring (bicyclic) bond motifs is 3. The van der Waals surface area contributed by atoms with E-state index in [0.29, 0.717) is 17.7 Å². The summed E-state index contributed by atoms with van der Waals surface area (Å²) in [6.07, 6.45) is 3.20. The van der Waals surface area contributed by atoms with Crippen LogP contribution in [-0.2, 0) is 4.74 Å². The number of ether oxygens (including phenoxy) is 1. The minimum Gasteiger partial charge on any atom is -0.449 e. The van der Waals surface area contributed by atoms with E-state index in [9.17, 15) is 9.59 Å². The van der Waals surface area contributed by atoms with E-state index in [1.807, 2.05) is 91.0 Å². The van der Waals surface area contributed by atoms with Crippen molar-refractivity contribution in [1.29, 1.82) is 0 Å². The number of ketones is 1. The van der Waals surface area contributed by atoms with E-state index >= 15 is 0 Å². The molecule has 35 heavy (non-hydrogen) atoms. The fraction of sp³-hybridized carbons (Fsp3) is 0.0968. The first-order valence-electron chi connectivity index (χ1n) is 11.7. The smallest absolute Gasteiger partial charge is 0.407 e. The first-order chi connectivity index (χ1) is 17.2. The van der Waals surface area contributed by atoms with Crippen LogP contribution in [0.15, 0.2) is 109 Å². The summed E-state index contributed by atoms with van der Waals surface area (Å²) in [5, 5.41) is 2.77. The number of nitrogens with one attached hydrogen (secondary N) is 1. The minimum atomic E-state index is -0.467. The molecule has 0 bridgehead atoms. The van der Waals surface area contributed by atoms with Crippen LogP contribution in [0.1, 0.15) is 38.5 Å². The van der Waals surface area contributed by atoms with Gasteiger partial charge in [0.1, 0.15) is 6.61 Å². The summed E-state index contributed by atoms with van der Waals surface area (Å²) in [7, 11) is 0. The second-order valence-corrected chi connectivity index (χ2v) is 8.39. The molecule has 0 radical (unpaired) electrons. The van der Waals surface area contributed by atoms with Gasteiger partial charge < -0.3 is 10.1 Å². The van der Waals surface area contributed by atoms with Crippen LogP contribution >= 0.6 is 0 Å². The highest BCUT2D eigenvalue weighted by molar-refractivity contribution is 6.11. The van der Waals surface area contributed by atoms with Gasteiger partial charge in [0.05, 0.1) is 0 Å². The fourth-order valence-electron chi connectivity index (χ4n) is 4.57. The molecule has 0 saturated carbocycles. The molecule has 0 fully saturated rings. The van der Waals surface area contributed by atoms with E-state index in [4.69, 9.17) is 4.74 Å². The molecular weight excluding hydrogens is 434 g/mol. The Morgan fingerprint density at radius 2 is 1.34 bits per heavy atom. The molecule has 0 heterocycles. The number of amides is 1. The lowest BCUT2D eigenvalue weighted by atomic mass is 9.98. The summed E-state index contributed by atoms with van der Waals surface area (Å²) in [4.78, 5) is 25.2. The van der Waals surface area contributed by atoms with Crippen LogP contribution in [0.3, 0.4) is 0 Å². The third-order valence-corrected chi connectivity index (χ3v) is 6.25. The van der Waals surface area contributed by atoms with Crippen molar-refractivity contribution in [2.45, 2.75) is 5.92 Å². The van der Waals surface area contributed by atoms with Crippen LogP contribution in [0.25, 0.3) is 17.2 Å². The Morgan fingerprint density at radius 3 is 2.06 bits per heavy atom. The number of benzene rings is 4. The van der Waals surface area contributed by atoms with Crippen LogP contribution in [0.5, 0.6) is 0 Å². The second kappa shape index (κ2) is 10.2. The fourth-order valence-corrected chi connectivity index (χ4v) is 4.57. The van der Waals surface area contributed by atoms with Crippen molar-refractivity contribution in [3.63, 3.8) is 0 Å². The van der Waals surface area contributed by atoms with Gasteiger partial charge in [-0.3, -0.25) is 4.79 Å². The van der Waals surface area contributed by atoms with Crippen molar-refractivity contribution in [2.24, 2.45) is 0 Å². The van der Waals surface area contributed by atoms with Crippen molar-refractivity contribution >= 4 is 18.0 Å². The van der Waals surface area contributed by atoms with Crippen LogP contribution < -0.4 is 5.32 Å². The number of hydrogen-bond donors (Lipinski definition) is 1. The standard InChI is InChI=1S/C31H25NO3/c33-30(23-12-2-1-3-13-23)24-15-5-4-11-22(24)14-10-20-32-31(34)35-21-29-27-18-8-6-16-25(27)26-17-7-9-19-28(26)29/h1-19,29H,20-21H2,(H,32,34). The van der Waals surface area contributed by atoms with Gasteiger partial charge >= 0.3 is 6.09 Å². The quantitative estimate of drug-likeness (QED) is 0.322. The lowest BCUT2D eigenvalue weighted by molar-refractivity contribution is 0.103.